The first-order valence-electron chi connectivity index (χ1n) is 14.3. The first kappa shape index (κ1) is 30.0. The van der Waals surface area contributed by atoms with E-state index in [1.54, 1.807) is 54.5 Å². The zero-order valence-corrected chi connectivity index (χ0v) is 24.8. The summed E-state index contributed by atoms with van der Waals surface area (Å²) in [5.74, 6) is 2.29. The van der Waals surface area contributed by atoms with Crippen molar-refractivity contribution in [2.75, 3.05) is 51.3 Å². The van der Waals surface area contributed by atoms with E-state index in [-0.39, 0.29) is 31.3 Å². The maximum atomic E-state index is 13.8. The van der Waals surface area contributed by atoms with Gasteiger partial charge in [-0.2, -0.15) is 0 Å². The molecule has 2 aliphatic rings. The quantitative estimate of drug-likeness (QED) is 0.335. The Balaban J connectivity index is 1.33. The van der Waals surface area contributed by atoms with Gasteiger partial charge in [0.2, 0.25) is 6.79 Å². The van der Waals surface area contributed by atoms with E-state index in [2.05, 4.69) is 15.5 Å². The van der Waals surface area contributed by atoms with Crippen molar-refractivity contribution in [3.63, 3.8) is 0 Å². The number of hydrogen-bond donors (Lipinski definition) is 3. The number of carbonyl (C=O) groups excluding carboxylic acids is 2. The average Bonchev–Trinajstić information content (AvgIpc) is 3.47. The topological polar surface area (TPSA) is 122 Å². The smallest absolute Gasteiger partial charge is 0.323 e. The van der Waals surface area contributed by atoms with Crippen molar-refractivity contribution in [2.24, 2.45) is 5.92 Å². The molecule has 228 valence electrons. The molecule has 0 aliphatic carbocycles. The number of fused-ring (bicyclic) bond motifs is 2. The van der Waals surface area contributed by atoms with Crippen molar-refractivity contribution >= 4 is 23.3 Å². The van der Waals surface area contributed by atoms with Crippen LogP contribution in [0.2, 0.25) is 0 Å². The minimum atomic E-state index is -0.457. The molecular weight excluding hydrogens is 552 g/mol. The first-order valence-corrected chi connectivity index (χ1v) is 14.3. The number of carbonyl (C=O) groups is 2. The molecule has 3 aromatic carbocycles. The zero-order chi connectivity index (χ0) is 30.5. The summed E-state index contributed by atoms with van der Waals surface area (Å²) in [6.45, 7) is 5.58. The predicted octanol–water partition coefficient (Wildman–Crippen LogP) is 4.42. The number of nitrogens with zero attached hydrogens (tertiary/aromatic N) is 2. The number of rotatable bonds is 9. The molecule has 2 heterocycles. The normalized spacial score (nSPS) is 18.3. The highest BCUT2D eigenvalue weighted by molar-refractivity contribution is 6.02. The highest BCUT2D eigenvalue weighted by atomic mass is 16.7. The molecule has 0 unspecified atom stereocenters. The van der Waals surface area contributed by atoms with Crippen molar-refractivity contribution in [1.82, 2.24) is 9.80 Å². The minimum Gasteiger partial charge on any atom is -0.497 e. The van der Waals surface area contributed by atoms with Gasteiger partial charge in [-0.15, -0.1) is 0 Å². The number of amides is 3. The van der Waals surface area contributed by atoms with Gasteiger partial charge in [-0.1, -0.05) is 13.0 Å². The Morgan fingerprint density at radius 3 is 2.49 bits per heavy atom. The van der Waals surface area contributed by atoms with Gasteiger partial charge >= 0.3 is 6.03 Å². The molecule has 5 rings (SSSR count). The summed E-state index contributed by atoms with van der Waals surface area (Å²) in [6, 6.07) is 17.1. The van der Waals surface area contributed by atoms with Crippen molar-refractivity contribution in [1.29, 1.82) is 0 Å². The van der Waals surface area contributed by atoms with Crippen LogP contribution in [0.5, 0.6) is 23.0 Å². The maximum Gasteiger partial charge on any atom is 0.323 e. The molecule has 3 aromatic rings. The Morgan fingerprint density at radius 1 is 1.05 bits per heavy atom. The van der Waals surface area contributed by atoms with Gasteiger partial charge in [0, 0.05) is 36.9 Å². The van der Waals surface area contributed by atoms with Crippen LogP contribution in [0.15, 0.2) is 60.7 Å². The van der Waals surface area contributed by atoms with E-state index in [1.165, 1.54) is 0 Å². The highest BCUT2D eigenvalue weighted by Crippen LogP contribution is 2.34. The highest BCUT2D eigenvalue weighted by Gasteiger charge is 2.33. The fourth-order valence-corrected chi connectivity index (χ4v) is 5.21. The Hall–Kier alpha value is -4.48. The third-order valence-electron chi connectivity index (χ3n) is 7.65. The third kappa shape index (κ3) is 7.12. The number of methoxy groups -OCH3 is 1. The number of aliphatic hydroxyl groups excluding tert-OH is 1. The van der Waals surface area contributed by atoms with Gasteiger partial charge in [-0.05, 0) is 74.1 Å². The predicted molar refractivity (Wildman–Crippen MR) is 162 cm³/mol. The summed E-state index contributed by atoms with van der Waals surface area (Å²) in [4.78, 5) is 30.3. The summed E-state index contributed by atoms with van der Waals surface area (Å²) < 4.78 is 22.6. The molecule has 2 aliphatic heterocycles. The van der Waals surface area contributed by atoms with Crippen LogP contribution in [0.1, 0.15) is 29.8 Å². The maximum absolute atomic E-state index is 13.8. The molecule has 43 heavy (non-hydrogen) atoms. The monoisotopic (exact) mass is 590 g/mol. The molecule has 0 fully saturated rings. The lowest BCUT2D eigenvalue weighted by Gasteiger charge is -2.38. The summed E-state index contributed by atoms with van der Waals surface area (Å²) in [7, 11) is 3.60. The van der Waals surface area contributed by atoms with Gasteiger partial charge in [-0.25, -0.2) is 4.79 Å². The Kier molecular flexibility index (Phi) is 9.22. The fourth-order valence-electron chi connectivity index (χ4n) is 5.21. The van der Waals surface area contributed by atoms with E-state index >= 15 is 0 Å². The molecule has 3 amide bonds. The van der Waals surface area contributed by atoms with Gasteiger partial charge in [0.15, 0.2) is 11.5 Å². The van der Waals surface area contributed by atoms with E-state index < -0.39 is 12.1 Å². The number of likely N-dealkylation sites (N-methyl/N-ethyl adjacent to an activating group) is 1. The van der Waals surface area contributed by atoms with Gasteiger partial charge in [-0.3, -0.25) is 9.69 Å². The number of ether oxygens (including phenoxy) is 4. The van der Waals surface area contributed by atoms with E-state index in [0.29, 0.717) is 48.1 Å². The molecule has 3 N–H and O–H groups in total. The molecular formula is C32H38N4O7. The SMILES string of the molecule is COc1ccc(NC(=O)Nc2ccc3c(c2)C(=O)N([C@H](C)CO)C[C@H](C)[C@@H](CN(C)Cc2ccc4c(c2)OCO4)O3)cc1. The fraction of sp³-hybridized carbons (Fsp3) is 0.375. The summed E-state index contributed by atoms with van der Waals surface area (Å²) in [5, 5.41) is 15.5. The van der Waals surface area contributed by atoms with E-state index in [1.807, 2.05) is 39.1 Å². The van der Waals surface area contributed by atoms with Crippen molar-refractivity contribution in [3.05, 3.63) is 71.8 Å². The molecule has 11 heteroatoms. The molecule has 3 atom stereocenters. The van der Waals surface area contributed by atoms with E-state index in [0.717, 1.165) is 17.1 Å². The van der Waals surface area contributed by atoms with Crippen molar-refractivity contribution in [3.8, 4) is 23.0 Å². The molecule has 0 radical (unpaired) electrons. The second-order valence-electron chi connectivity index (χ2n) is 11.0. The number of nitrogens with one attached hydrogen (secondary N) is 2. The van der Waals surface area contributed by atoms with Crippen LogP contribution in [-0.4, -0.2) is 79.6 Å². The standard InChI is InChI=1S/C32H38N4O7/c1-20-15-36(21(2)18-37)31(38)26-14-24(34-32(39)33-23-6-9-25(40-4)10-7-23)8-12-27(26)43-30(20)17-35(3)16-22-5-11-28-29(13-22)42-19-41-28/h5-14,20-21,30,37H,15-19H2,1-4H3,(H2,33,34,39)/t20-,21+,30+/m0/s1. The van der Waals surface area contributed by atoms with Crippen LogP contribution in [0.25, 0.3) is 0 Å². The zero-order valence-electron chi connectivity index (χ0n) is 24.8. The van der Waals surface area contributed by atoms with Crippen LogP contribution >= 0.6 is 0 Å². The number of anilines is 2. The molecule has 0 spiro atoms. The lowest BCUT2D eigenvalue weighted by molar-refractivity contribution is 0.0341. The first-order chi connectivity index (χ1) is 20.7. The Labute approximate surface area is 251 Å². The number of urea groups is 1. The van der Waals surface area contributed by atoms with Crippen LogP contribution in [-0.2, 0) is 6.54 Å². The van der Waals surface area contributed by atoms with E-state index in [9.17, 15) is 14.7 Å². The molecule has 0 bridgehead atoms. The third-order valence-corrected chi connectivity index (χ3v) is 7.65. The largest absolute Gasteiger partial charge is 0.497 e. The van der Waals surface area contributed by atoms with Gasteiger partial charge in [0.05, 0.1) is 25.3 Å². The lowest BCUT2D eigenvalue weighted by Crippen LogP contribution is -2.49. The second kappa shape index (κ2) is 13.2. The van der Waals surface area contributed by atoms with Gasteiger partial charge < -0.3 is 39.6 Å². The summed E-state index contributed by atoms with van der Waals surface area (Å²) in [6.07, 6.45) is -0.253. The Morgan fingerprint density at radius 2 is 1.74 bits per heavy atom. The van der Waals surface area contributed by atoms with Gasteiger partial charge in [0.25, 0.3) is 5.91 Å². The van der Waals surface area contributed by atoms with Crippen LogP contribution in [0.4, 0.5) is 16.2 Å². The molecule has 0 saturated carbocycles. The van der Waals surface area contributed by atoms with Crippen LogP contribution in [0.3, 0.4) is 0 Å². The Bertz CT molecular complexity index is 1450. The summed E-state index contributed by atoms with van der Waals surface area (Å²) in [5.41, 5.74) is 2.43. The van der Waals surface area contributed by atoms with Crippen molar-refractivity contribution < 1.29 is 33.6 Å². The number of hydrogen-bond acceptors (Lipinski definition) is 8. The molecule has 11 nitrogen and oxygen atoms in total. The molecule has 0 aromatic heterocycles. The van der Waals surface area contributed by atoms with Crippen LogP contribution in [0, 0.1) is 5.92 Å². The lowest BCUT2D eigenvalue weighted by atomic mass is 9.99. The van der Waals surface area contributed by atoms with Crippen LogP contribution < -0.4 is 29.6 Å². The summed E-state index contributed by atoms with van der Waals surface area (Å²) >= 11 is 0. The van der Waals surface area contributed by atoms with Gasteiger partial charge in [0.1, 0.15) is 17.6 Å². The number of benzene rings is 3. The average molecular weight is 591 g/mol. The van der Waals surface area contributed by atoms with Crippen molar-refractivity contribution in [2.45, 2.75) is 32.5 Å². The van der Waals surface area contributed by atoms with E-state index in [4.69, 9.17) is 18.9 Å². The minimum absolute atomic E-state index is 0.0293. The molecule has 0 saturated heterocycles. The second-order valence-corrected chi connectivity index (χ2v) is 11.0. The number of aliphatic hydroxyl groups is 1.